The number of carbonyl (C=O) groups excluding carboxylic acids is 1. The minimum absolute atomic E-state index is 0.271. The fraction of sp³-hybridized carbons (Fsp3) is 0.389. The van der Waals surface area contributed by atoms with Gasteiger partial charge < -0.3 is 5.32 Å². The number of aromatic nitrogens is 2. The third-order valence-electron chi connectivity index (χ3n) is 4.12. The van der Waals surface area contributed by atoms with Gasteiger partial charge in [-0.25, -0.2) is 4.79 Å². The highest BCUT2D eigenvalue weighted by Gasteiger charge is 2.24. The van der Waals surface area contributed by atoms with Crippen LogP contribution in [-0.4, -0.2) is 27.9 Å². The second-order valence-electron chi connectivity index (χ2n) is 5.99. The van der Waals surface area contributed by atoms with Crippen LogP contribution in [0.1, 0.15) is 39.5 Å². The van der Waals surface area contributed by atoms with Gasteiger partial charge in [-0.15, -0.1) is 34.4 Å². The van der Waals surface area contributed by atoms with E-state index in [2.05, 4.69) is 10.3 Å². The van der Waals surface area contributed by atoms with Crippen molar-refractivity contribution < 1.29 is 9.18 Å². The number of nitrogens with zero attached hydrogens (tertiary/aromatic N) is 2. The van der Waals surface area contributed by atoms with Crippen LogP contribution in [0.25, 0.3) is 5.69 Å². The number of hydrogen-bond donors (Lipinski definition) is 1. The standard InChI is InChI=1S/C18H20FN3O2S3/c1-11-12(2)27-17(26-9-5-3-4-8-19)14-15(21-18(24)22(11)14)20-16(23)13-7-6-10-25-13/h6-7,10H,3-5,8-9H2,1-2H3,(H,20,21,23,24). The van der Waals surface area contributed by atoms with Crippen LogP contribution in [0.3, 0.4) is 0 Å². The molecular weight excluding hydrogens is 405 g/mol. The number of alkyl halides is 1. The molecule has 1 N–H and O–H groups in total. The average molecular weight is 426 g/mol. The van der Waals surface area contributed by atoms with E-state index in [4.69, 9.17) is 0 Å². The zero-order chi connectivity index (χ0) is 19.4. The van der Waals surface area contributed by atoms with E-state index in [0.29, 0.717) is 22.8 Å². The predicted molar refractivity (Wildman–Crippen MR) is 111 cm³/mol. The van der Waals surface area contributed by atoms with Gasteiger partial charge in [-0.2, -0.15) is 4.98 Å². The number of unbranched alkanes of at least 4 members (excludes halogenated alkanes) is 2. The summed E-state index contributed by atoms with van der Waals surface area (Å²) < 4.78 is 14.8. The van der Waals surface area contributed by atoms with Gasteiger partial charge in [0.25, 0.3) is 5.91 Å². The molecule has 0 bridgehead atoms. The van der Waals surface area contributed by atoms with E-state index in [9.17, 15) is 14.0 Å². The molecule has 0 atom stereocenters. The minimum Gasteiger partial charge on any atom is -0.304 e. The second-order valence-corrected chi connectivity index (χ2v) is 9.52. The first-order chi connectivity index (χ1) is 13.0. The number of carbonyl (C=O) groups is 1. The van der Waals surface area contributed by atoms with Gasteiger partial charge in [0, 0.05) is 10.6 Å². The van der Waals surface area contributed by atoms with Crippen molar-refractivity contribution in [2.75, 3.05) is 17.7 Å². The number of fused-ring (bicyclic) bond motifs is 1. The lowest BCUT2D eigenvalue weighted by molar-refractivity contribution is 0.103. The molecule has 0 radical (unpaired) electrons. The molecule has 0 fully saturated rings. The molecule has 0 spiro atoms. The number of halogens is 1. The number of nitrogens with one attached hydrogen (secondary N) is 1. The van der Waals surface area contributed by atoms with Crippen molar-refractivity contribution in [3.05, 3.63) is 43.4 Å². The number of thioether (sulfide) groups is 1. The summed E-state index contributed by atoms with van der Waals surface area (Å²) in [4.78, 5) is 30.6. The maximum Gasteiger partial charge on any atom is 0.354 e. The first-order valence-corrected chi connectivity index (χ1v) is 11.3. The van der Waals surface area contributed by atoms with Crippen molar-refractivity contribution in [1.29, 1.82) is 0 Å². The van der Waals surface area contributed by atoms with E-state index in [1.807, 2.05) is 19.2 Å². The molecule has 1 aromatic heterocycles. The second kappa shape index (κ2) is 8.99. The zero-order valence-corrected chi connectivity index (χ0v) is 17.5. The average Bonchev–Trinajstić information content (AvgIpc) is 3.27. The number of hydrogen-bond acceptors (Lipinski definition) is 6. The normalized spacial score (nSPS) is 11.2. The van der Waals surface area contributed by atoms with Crippen LogP contribution in [0, 0.1) is 13.8 Å². The number of anilines is 1. The predicted octanol–water partition coefficient (Wildman–Crippen LogP) is 4.89. The van der Waals surface area contributed by atoms with E-state index in [0.717, 1.165) is 33.4 Å². The van der Waals surface area contributed by atoms with Gasteiger partial charge in [-0.05, 0) is 43.9 Å². The lowest BCUT2D eigenvalue weighted by Gasteiger charge is -2.15. The molecule has 2 aliphatic rings. The number of thiophene rings is 1. The van der Waals surface area contributed by atoms with Gasteiger partial charge in [0.2, 0.25) is 0 Å². The highest BCUT2D eigenvalue weighted by atomic mass is 32.2. The Kier molecular flexibility index (Phi) is 6.67. The highest BCUT2D eigenvalue weighted by molar-refractivity contribution is 8.01. The van der Waals surface area contributed by atoms with E-state index in [1.165, 1.54) is 11.3 Å². The number of aryl methyl sites for hydroxylation is 1. The molecule has 0 saturated heterocycles. The summed E-state index contributed by atoms with van der Waals surface area (Å²) in [6.07, 6.45) is 2.31. The van der Waals surface area contributed by atoms with E-state index >= 15 is 0 Å². The third kappa shape index (κ3) is 4.41. The summed E-state index contributed by atoms with van der Waals surface area (Å²) in [5.74, 6) is 0.850. The van der Waals surface area contributed by atoms with Gasteiger partial charge in [0.15, 0.2) is 5.82 Å². The molecule has 27 heavy (non-hydrogen) atoms. The molecule has 0 aliphatic carbocycles. The van der Waals surface area contributed by atoms with Crippen molar-refractivity contribution in [1.82, 2.24) is 9.55 Å². The maximum atomic E-state index is 12.5. The monoisotopic (exact) mass is 425 g/mol. The lowest BCUT2D eigenvalue weighted by Crippen LogP contribution is -2.17. The lowest BCUT2D eigenvalue weighted by atomic mass is 10.3. The Morgan fingerprint density at radius 2 is 2.15 bits per heavy atom. The molecule has 3 heterocycles. The Morgan fingerprint density at radius 3 is 2.85 bits per heavy atom. The molecule has 0 saturated carbocycles. The molecular formula is C18H20FN3O2S3. The van der Waals surface area contributed by atoms with Gasteiger partial charge >= 0.3 is 5.69 Å². The van der Waals surface area contributed by atoms with Crippen molar-refractivity contribution in [3.63, 3.8) is 0 Å². The van der Waals surface area contributed by atoms with E-state index < -0.39 is 0 Å². The fourth-order valence-electron chi connectivity index (χ4n) is 2.62. The number of amides is 1. The van der Waals surface area contributed by atoms with Crippen LogP contribution in [0.2, 0.25) is 0 Å². The zero-order valence-electron chi connectivity index (χ0n) is 15.1. The molecule has 9 heteroatoms. The van der Waals surface area contributed by atoms with E-state index in [1.54, 1.807) is 39.8 Å². The maximum absolute atomic E-state index is 12.5. The first-order valence-electron chi connectivity index (χ1n) is 8.59. The van der Waals surface area contributed by atoms with Crippen molar-refractivity contribution in [2.45, 2.75) is 37.3 Å². The van der Waals surface area contributed by atoms with E-state index in [-0.39, 0.29) is 18.3 Å². The van der Waals surface area contributed by atoms with Gasteiger partial charge in [-0.3, -0.25) is 13.8 Å². The van der Waals surface area contributed by atoms with Gasteiger partial charge in [0.1, 0.15) is 5.69 Å². The van der Waals surface area contributed by atoms with Gasteiger partial charge in [-0.1, -0.05) is 12.5 Å². The molecule has 1 amide bonds. The Labute approximate surface area is 169 Å². The Hall–Kier alpha value is -1.71. The topological polar surface area (TPSA) is 64.0 Å². The molecule has 144 valence electrons. The summed E-state index contributed by atoms with van der Waals surface area (Å²) in [6.45, 7) is 3.56. The molecule has 5 nitrogen and oxygen atoms in total. The number of imidazole rings is 1. The summed E-state index contributed by atoms with van der Waals surface area (Å²) in [5, 5.41) is 4.62. The summed E-state index contributed by atoms with van der Waals surface area (Å²) in [5.41, 5.74) is 1.08. The van der Waals surface area contributed by atoms with Crippen molar-refractivity contribution in [3.8, 4) is 5.69 Å². The highest BCUT2D eigenvalue weighted by Crippen LogP contribution is 2.38. The summed E-state index contributed by atoms with van der Waals surface area (Å²) in [7, 11) is 0. The van der Waals surface area contributed by atoms with Crippen LogP contribution in [-0.2, 0) is 0 Å². The quantitative estimate of drug-likeness (QED) is 0.412. The van der Waals surface area contributed by atoms with Crippen LogP contribution >= 0.6 is 34.4 Å². The first kappa shape index (κ1) is 20.0. The summed E-state index contributed by atoms with van der Waals surface area (Å²) >= 11 is 4.55. The third-order valence-corrected chi connectivity index (χ3v) is 7.52. The molecule has 2 aliphatic heterocycles. The largest absolute Gasteiger partial charge is 0.354 e. The van der Waals surface area contributed by atoms with Crippen LogP contribution in [0.4, 0.5) is 10.2 Å². The van der Waals surface area contributed by atoms with Crippen molar-refractivity contribution in [2.24, 2.45) is 0 Å². The van der Waals surface area contributed by atoms with Crippen molar-refractivity contribution >= 4 is 46.2 Å². The smallest absolute Gasteiger partial charge is 0.304 e. The van der Waals surface area contributed by atoms with Gasteiger partial charge in [0.05, 0.1) is 15.8 Å². The van der Waals surface area contributed by atoms with Crippen LogP contribution < -0.4 is 11.0 Å². The Balaban J connectivity index is 1.92. The summed E-state index contributed by atoms with van der Waals surface area (Å²) in [6, 6.07) is 3.53. The minimum atomic E-state index is -0.390. The molecule has 3 rings (SSSR count). The Morgan fingerprint density at radius 1 is 1.33 bits per heavy atom. The number of rotatable bonds is 8. The SMILES string of the molecule is Cc1sc(SCCCCCF)c2c(NC(=O)c3cccs3)nc(=O)n-2c1C. The molecule has 0 unspecified atom stereocenters. The van der Waals surface area contributed by atoms with Crippen LogP contribution in [0.15, 0.2) is 26.5 Å². The Bertz CT molecular complexity index is 950. The van der Waals surface area contributed by atoms with Crippen LogP contribution in [0.5, 0.6) is 0 Å². The molecule has 1 aromatic rings. The fourth-order valence-corrected chi connectivity index (χ4v) is 5.76. The molecule has 0 aromatic carbocycles.